The highest BCUT2D eigenvalue weighted by Gasteiger charge is 2.25. The first-order chi connectivity index (χ1) is 8.35. The van der Waals surface area contributed by atoms with E-state index in [0.29, 0.717) is 5.92 Å². The molecule has 1 fully saturated rings. The maximum atomic E-state index is 9.23. The summed E-state index contributed by atoms with van der Waals surface area (Å²) in [6.45, 7) is 0.285. The molecule has 0 heterocycles. The van der Waals surface area contributed by atoms with Crippen molar-refractivity contribution in [2.75, 3.05) is 13.7 Å². The second-order valence-electron chi connectivity index (χ2n) is 4.94. The first-order valence-corrected chi connectivity index (χ1v) is 6.60. The molecule has 0 spiro atoms. The van der Waals surface area contributed by atoms with Crippen molar-refractivity contribution >= 4 is 0 Å². The van der Waals surface area contributed by atoms with E-state index in [1.807, 2.05) is 12.1 Å². The van der Waals surface area contributed by atoms with Crippen LogP contribution in [0.3, 0.4) is 0 Å². The van der Waals surface area contributed by atoms with Crippen LogP contribution < -0.4 is 4.74 Å². The summed E-state index contributed by atoms with van der Waals surface area (Å²) < 4.78 is 5.18. The third-order valence-corrected chi connectivity index (χ3v) is 3.95. The molecule has 1 atom stereocenters. The van der Waals surface area contributed by atoms with Gasteiger partial charge in [-0.25, -0.2) is 0 Å². The minimum atomic E-state index is 0.285. The molecule has 0 bridgehead atoms. The molecule has 1 aliphatic rings. The zero-order valence-electron chi connectivity index (χ0n) is 10.6. The monoisotopic (exact) mass is 234 g/mol. The van der Waals surface area contributed by atoms with Crippen LogP contribution in [0.25, 0.3) is 0 Å². The molecule has 1 unspecified atom stereocenters. The van der Waals surface area contributed by atoms with Gasteiger partial charge in [-0.2, -0.15) is 0 Å². The van der Waals surface area contributed by atoms with Crippen LogP contribution in [0.1, 0.15) is 43.6 Å². The first kappa shape index (κ1) is 12.4. The summed E-state index contributed by atoms with van der Waals surface area (Å²) in [5, 5.41) is 9.23. The number of ether oxygens (including phenoxy) is 1. The second-order valence-corrected chi connectivity index (χ2v) is 4.94. The Bertz CT molecular complexity index is 325. The Labute approximate surface area is 104 Å². The van der Waals surface area contributed by atoms with Gasteiger partial charge in [0.2, 0.25) is 0 Å². The molecular weight excluding hydrogens is 212 g/mol. The maximum absolute atomic E-state index is 9.23. The lowest BCUT2D eigenvalue weighted by molar-refractivity contribution is 0.254. The van der Waals surface area contributed by atoms with Crippen LogP contribution in [0.15, 0.2) is 24.3 Å². The molecule has 1 aromatic rings. The first-order valence-electron chi connectivity index (χ1n) is 6.60. The van der Waals surface area contributed by atoms with Gasteiger partial charge in [-0.1, -0.05) is 25.0 Å². The summed E-state index contributed by atoms with van der Waals surface area (Å²) in [5.74, 6) is 2.19. The molecule has 0 aliphatic heterocycles. The molecule has 1 aliphatic carbocycles. The molecule has 94 valence electrons. The average molecular weight is 234 g/mol. The molecular formula is C15H22O2. The second kappa shape index (κ2) is 6.06. The van der Waals surface area contributed by atoms with Gasteiger partial charge in [-0.15, -0.1) is 0 Å². The van der Waals surface area contributed by atoms with Gasteiger partial charge in [0.15, 0.2) is 0 Å². The van der Waals surface area contributed by atoms with E-state index >= 15 is 0 Å². The minimum absolute atomic E-state index is 0.285. The molecule has 0 saturated heterocycles. The summed E-state index contributed by atoms with van der Waals surface area (Å²) in [5.41, 5.74) is 1.35. The topological polar surface area (TPSA) is 29.5 Å². The zero-order valence-corrected chi connectivity index (χ0v) is 10.6. The van der Waals surface area contributed by atoms with Gasteiger partial charge in [0.05, 0.1) is 7.11 Å². The van der Waals surface area contributed by atoms with Gasteiger partial charge in [0, 0.05) is 6.61 Å². The number of aliphatic hydroxyl groups excluding tert-OH is 1. The Kier molecular flexibility index (Phi) is 4.43. The van der Waals surface area contributed by atoms with Crippen molar-refractivity contribution in [2.24, 2.45) is 5.92 Å². The Balaban J connectivity index is 2.12. The van der Waals surface area contributed by atoms with Crippen LogP contribution in [0.5, 0.6) is 5.75 Å². The minimum Gasteiger partial charge on any atom is -0.497 e. The summed E-state index contributed by atoms with van der Waals surface area (Å²) >= 11 is 0. The molecule has 2 nitrogen and oxygen atoms in total. The van der Waals surface area contributed by atoms with Gasteiger partial charge in [-0.05, 0) is 48.8 Å². The summed E-state index contributed by atoms with van der Waals surface area (Å²) in [6, 6.07) is 8.35. The Hall–Kier alpha value is -1.02. The van der Waals surface area contributed by atoms with E-state index in [2.05, 4.69) is 12.1 Å². The van der Waals surface area contributed by atoms with Gasteiger partial charge in [0.25, 0.3) is 0 Å². The quantitative estimate of drug-likeness (QED) is 0.846. The largest absolute Gasteiger partial charge is 0.497 e. The van der Waals surface area contributed by atoms with E-state index in [4.69, 9.17) is 4.74 Å². The molecule has 1 saturated carbocycles. The predicted molar refractivity (Wildman–Crippen MR) is 69.4 cm³/mol. The number of aliphatic hydroxyl groups is 1. The fourth-order valence-corrected chi connectivity index (χ4v) is 3.02. The SMILES string of the molecule is COc1ccc(C(CCO)C2CCCC2)cc1. The lowest BCUT2D eigenvalue weighted by Gasteiger charge is -2.23. The highest BCUT2D eigenvalue weighted by molar-refractivity contribution is 5.29. The van der Waals surface area contributed by atoms with Crippen molar-refractivity contribution in [2.45, 2.75) is 38.0 Å². The van der Waals surface area contributed by atoms with Gasteiger partial charge in [0.1, 0.15) is 5.75 Å². The van der Waals surface area contributed by atoms with E-state index in [0.717, 1.165) is 18.1 Å². The van der Waals surface area contributed by atoms with Crippen LogP contribution >= 0.6 is 0 Å². The van der Waals surface area contributed by atoms with Gasteiger partial charge in [-0.3, -0.25) is 0 Å². The lowest BCUT2D eigenvalue weighted by atomic mass is 9.83. The van der Waals surface area contributed by atoms with Crippen molar-refractivity contribution in [1.82, 2.24) is 0 Å². The van der Waals surface area contributed by atoms with Crippen molar-refractivity contribution in [1.29, 1.82) is 0 Å². The van der Waals surface area contributed by atoms with E-state index in [-0.39, 0.29) is 6.61 Å². The normalized spacial score (nSPS) is 18.2. The summed E-state index contributed by atoms with van der Waals surface area (Å²) in [4.78, 5) is 0. The molecule has 0 radical (unpaired) electrons. The van der Waals surface area contributed by atoms with E-state index < -0.39 is 0 Å². The van der Waals surface area contributed by atoms with Gasteiger partial charge < -0.3 is 9.84 Å². The fraction of sp³-hybridized carbons (Fsp3) is 0.600. The third kappa shape index (κ3) is 3.01. The number of hydrogen-bond donors (Lipinski definition) is 1. The standard InChI is InChI=1S/C15H22O2/c1-17-14-8-6-13(7-9-14)15(10-11-16)12-4-2-3-5-12/h6-9,12,15-16H,2-5,10-11H2,1H3. The van der Waals surface area contributed by atoms with Crippen molar-refractivity contribution < 1.29 is 9.84 Å². The molecule has 0 amide bonds. The van der Waals surface area contributed by atoms with Crippen LogP contribution in [-0.2, 0) is 0 Å². The molecule has 17 heavy (non-hydrogen) atoms. The van der Waals surface area contributed by atoms with Crippen LogP contribution in [0.4, 0.5) is 0 Å². The van der Waals surface area contributed by atoms with E-state index in [1.54, 1.807) is 7.11 Å². The van der Waals surface area contributed by atoms with Crippen LogP contribution in [0.2, 0.25) is 0 Å². The molecule has 2 heteroatoms. The van der Waals surface area contributed by atoms with Gasteiger partial charge >= 0.3 is 0 Å². The summed E-state index contributed by atoms with van der Waals surface area (Å²) in [7, 11) is 1.69. The number of rotatable bonds is 5. The highest BCUT2D eigenvalue weighted by atomic mass is 16.5. The average Bonchev–Trinajstić information content (AvgIpc) is 2.90. The number of hydrogen-bond acceptors (Lipinski definition) is 2. The molecule has 1 aromatic carbocycles. The third-order valence-electron chi connectivity index (χ3n) is 3.95. The van der Waals surface area contributed by atoms with Crippen LogP contribution in [0, 0.1) is 5.92 Å². The number of methoxy groups -OCH3 is 1. The fourth-order valence-electron chi connectivity index (χ4n) is 3.02. The van der Waals surface area contributed by atoms with Crippen molar-refractivity contribution in [3.63, 3.8) is 0 Å². The predicted octanol–water partition coefficient (Wildman–Crippen LogP) is 3.35. The lowest BCUT2D eigenvalue weighted by Crippen LogP contribution is -2.11. The van der Waals surface area contributed by atoms with E-state index in [1.165, 1.54) is 31.2 Å². The zero-order chi connectivity index (χ0) is 12.1. The van der Waals surface area contributed by atoms with E-state index in [9.17, 15) is 5.11 Å². The Morgan fingerprint density at radius 2 is 1.88 bits per heavy atom. The molecule has 1 N–H and O–H groups in total. The molecule has 2 rings (SSSR count). The summed E-state index contributed by atoms with van der Waals surface area (Å²) in [6.07, 6.45) is 6.22. The van der Waals surface area contributed by atoms with Crippen molar-refractivity contribution in [3.8, 4) is 5.75 Å². The smallest absolute Gasteiger partial charge is 0.118 e. The van der Waals surface area contributed by atoms with Crippen molar-refractivity contribution in [3.05, 3.63) is 29.8 Å². The highest BCUT2D eigenvalue weighted by Crippen LogP contribution is 2.39. The Morgan fingerprint density at radius 1 is 1.24 bits per heavy atom. The number of benzene rings is 1. The molecule has 0 aromatic heterocycles. The Morgan fingerprint density at radius 3 is 2.41 bits per heavy atom. The van der Waals surface area contributed by atoms with Crippen LogP contribution in [-0.4, -0.2) is 18.8 Å². The maximum Gasteiger partial charge on any atom is 0.118 e.